The SMILES string of the molecule is Nc1ccc(N2CCC[C@@H](C(F)F)C2)cc1. The van der Waals surface area contributed by atoms with E-state index in [0.717, 1.165) is 18.7 Å². The molecule has 0 unspecified atom stereocenters. The van der Waals surface area contributed by atoms with E-state index >= 15 is 0 Å². The quantitative estimate of drug-likeness (QED) is 0.786. The molecule has 1 aliphatic rings. The molecule has 0 bridgehead atoms. The number of nitrogens with zero attached hydrogens (tertiary/aromatic N) is 1. The van der Waals surface area contributed by atoms with Crippen molar-refractivity contribution in [2.75, 3.05) is 23.7 Å². The fourth-order valence-electron chi connectivity index (χ4n) is 2.14. The molecule has 1 aromatic rings. The van der Waals surface area contributed by atoms with E-state index in [1.54, 1.807) is 12.1 Å². The van der Waals surface area contributed by atoms with Gasteiger partial charge in [0.25, 0.3) is 0 Å². The summed E-state index contributed by atoms with van der Waals surface area (Å²) in [6, 6.07) is 7.40. The van der Waals surface area contributed by atoms with Crippen molar-refractivity contribution in [2.24, 2.45) is 5.92 Å². The summed E-state index contributed by atoms with van der Waals surface area (Å²) in [5.41, 5.74) is 7.28. The molecule has 0 radical (unpaired) electrons. The van der Waals surface area contributed by atoms with Crippen LogP contribution in [-0.4, -0.2) is 19.5 Å². The second kappa shape index (κ2) is 4.68. The molecule has 1 atom stereocenters. The summed E-state index contributed by atoms with van der Waals surface area (Å²) < 4.78 is 25.3. The van der Waals surface area contributed by atoms with Crippen molar-refractivity contribution < 1.29 is 8.78 Å². The van der Waals surface area contributed by atoms with Gasteiger partial charge < -0.3 is 10.6 Å². The van der Waals surface area contributed by atoms with Gasteiger partial charge in [-0.1, -0.05) is 0 Å². The number of rotatable bonds is 2. The Morgan fingerprint density at radius 1 is 1.25 bits per heavy atom. The van der Waals surface area contributed by atoms with Gasteiger partial charge in [-0.2, -0.15) is 0 Å². The van der Waals surface area contributed by atoms with E-state index in [1.165, 1.54) is 0 Å². The van der Waals surface area contributed by atoms with Crippen molar-refractivity contribution in [1.82, 2.24) is 0 Å². The Morgan fingerprint density at radius 3 is 2.56 bits per heavy atom. The summed E-state index contributed by atoms with van der Waals surface area (Å²) >= 11 is 0. The van der Waals surface area contributed by atoms with E-state index in [0.29, 0.717) is 18.7 Å². The number of piperidine rings is 1. The first-order valence-electron chi connectivity index (χ1n) is 5.55. The lowest BCUT2D eigenvalue weighted by Crippen LogP contribution is -2.38. The van der Waals surface area contributed by atoms with Crippen molar-refractivity contribution in [3.63, 3.8) is 0 Å². The number of hydrogen-bond donors (Lipinski definition) is 1. The molecule has 0 aromatic heterocycles. The number of nitrogen functional groups attached to an aromatic ring is 1. The van der Waals surface area contributed by atoms with Crippen LogP contribution in [0.1, 0.15) is 12.8 Å². The lowest BCUT2D eigenvalue weighted by Gasteiger charge is -2.34. The van der Waals surface area contributed by atoms with Gasteiger partial charge in [-0.3, -0.25) is 0 Å². The average molecular weight is 226 g/mol. The predicted molar refractivity (Wildman–Crippen MR) is 61.8 cm³/mol. The molecule has 1 heterocycles. The van der Waals surface area contributed by atoms with Gasteiger partial charge >= 0.3 is 0 Å². The third kappa shape index (κ3) is 2.43. The molecule has 0 saturated carbocycles. The van der Waals surface area contributed by atoms with Gasteiger partial charge in [0.05, 0.1) is 0 Å². The second-order valence-electron chi connectivity index (χ2n) is 4.27. The fourth-order valence-corrected chi connectivity index (χ4v) is 2.14. The highest BCUT2D eigenvalue weighted by molar-refractivity contribution is 5.53. The minimum atomic E-state index is -2.21. The molecule has 2 nitrogen and oxygen atoms in total. The minimum Gasteiger partial charge on any atom is -0.399 e. The highest BCUT2D eigenvalue weighted by Crippen LogP contribution is 2.27. The van der Waals surface area contributed by atoms with E-state index in [2.05, 4.69) is 0 Å². The van der Waals surface area contributed by atoms with Gasteiger partial charge in [-0.05, 0) is 37.1 Å². The number of nitrogens with two attached hydrogens (primary N) is 1. The highest BCUT2D eigenvalue weighted by atomic mass is 19.3. The summed E-state index contributed by atoms with van der Waals surface area (Å²) in [6.07, 6.45) is -0.751. The van der Waals surface area contributed by atoms with E-state index in [-0.39, 0.29) is 0 Å². The summed E-state index contributed by atoms with van der Waals surface area (Å²) in [7, 11) is 0. The molecule has 16 heavy (non-hydrogen) atoms. The molecule has 1 saturated heterocycles. The van der Waals surface area contributed by atoms with Crippen LogP contribution in [0.25, 0.3) is 0 Å². The standard InChI is InChI=1S/C12H16F2N2/c13-12(14)9-2-1-7-16(8-9)11-5-3-10(15)4-6-11/h3-6,9,12H,1-2,7-8,15H2/t9-/m1/s1. The zero-order valence-corrected chi connectivity index (χ0v) is 9.07. The van der Waals surface area contributed by atoms with Crippen LogP contribution in [0, 0.1) is 5.92 Å². The summed E-state index contributed by atoms with van der Waals surface area (Å²) in [5, 5.41) is 0. The average Bonchev–Trinajstić information content (AvgIpc) is 2.30. The van der Waals surface area contributed by atoms with Gasteiger partial charge in [-0.25, -0.2) is 8.78 Å². The number of anilines is 2. The summed E-state index contributed by atoms with van der Waals surface area (Å²) in [5.74, 6) is -0.494. The lowest BCUT2D eigenvalue weighted by atomic mass is 9.98. The Bertz CT molecular complexity index is 337. The largest absolute Gasteiger partial charge is 0.399 e. The van der Waals surface area contributed by atoms with Crippen LogP contribution >= 0.6 is 0 Å². The molecule has 0 amide bonds. The van der Waals surface area contributed by atoms with Crippen LogP contribution in [0.2, 0.25) is 0 Å². The molecular formula is C12H16F2N2. The monoisotopic (exact) mass is 226 g/mol. The molecule has 0 spiro atoms. The molecule has 88 valence electrons. The lowest BCUT2D eigenvalue weighted by molar-refractivity contribution is 0.0687. The highest BCUT2D eigenvalue weighted by Gasteiger charge is 2.26. The van der Waals surface area contributed by atoms with Crippen LogP contribution in [0.15, 0.2) is 24.3 Å². The molecular weight excluding hydrogens is 210 g/mol. The van der Waals surface area contributed by atoms with Crippen LogP contribution in [0.4, 0.5) is 20.2 Å². The smallest absolute Gasteiger partial charge is 0.243 e. The Hall–Kier alpha value is -1.32. The van der Waals surface area contributed by atoms with Gasteiger partial charge in [0.15, 0.2) is 0 Å². The fraction of sp³-hybridized carbons (Fsp3) is 0.500. The first-order valence-corrected chi connectivity index (χ1v) is 5.55. The molecule has 1 fully saturated rings. The molecule has 1 aliphatic heterocycles. The maximum atomic E-state index is 12.6. The van der Waals surface area contributed by atoms with Gasteiger partial charge in [0, 0.05) is 30.4 Å². The maximum Gasteiger partial charge on any atom is 0.243 e. The Balaban J connectivity index is 2.06. The van der Waals surface area contributed by atoms with E-state index in [9.17, 15) is 8.78 Å². The summed E-state index contributed by atoms with van der Waals surface area (Å²) in [4.78, 5) is 2.01. The van der Waals surface area contributed by atoms with Crippen LogP contribution in [0.3, 0.4) is 0 Å². The zero-order chi connectivity index (χ0) is 11.5. The number of benzene rings is 1. The number of hydrogen-bond acceptors (Lipinski definition) is 2. The molecule has 2 N–H and O–H groups in total. The van der Waals surface area contributed by atoms with Gasteiger partial charge in [0.2, 0.25) is 6.43 Å². The summed E-state index contributed by atoms with van der Waals surface area (Å²) in [6.45, 7) is 1.30. The molecule has 1 aromatic carbocycles. The second-order valence-corrected chi connectivity index (χ2v) is 4.27. The normalized spacial score (nSPS) is 21.4. The minimum absolute atomic E-state index is 0.446. The Labute approximate surface area is 94.0 Å². The first-order chi connectivity index (χ1) is 7.66. The zero-order valence-electron chi connectivity index (χ0n) is 9.07. The third-order valence-electron chi connectivity index (χ3n) is 3.07. The molecule has 4 heteroatoms. The van der Waals surface area contributed by atoms with Crippen molar-refractivity contribution in [3.8, 4) is 0 Å². The van der Waals surface area contributed by atoms with Crippen LogP contribution in [-0.2, 0) is 0 Å². The molecule has 2 rings (SSSR count). The predicted octanol–water partition coefficient (Wildman–Crippen LogP) is 2.75. The third-order valence-corrected chi connectivity index (χ3v) is 3.07. The topological polar surface area (TPSA) is 29.3 Å². The van der Waals surface area contributed by atoms with Crippen molar-refractivity contribution >= 4 is 11.4 Å². The van der Waals surface area contributed by atoms with Gasteiger partial charge in [-0.15, -0.1) is 0 Å². The first kappa shape index (κ1) is 11.2. The van der Waals surface area contributed by atoms with Crippen molar-refractivity contribution in [1.29, 1.82) is 0 Å². The van der Waals surface area contributed by atoms with Crippen LogP contribution < -0.4 is 10.6 Å². The Morgan fingerprint density at radius 2 is 1.94 bits per heavy atom. The van der Waals surface area contributed by atoms with Crippen LogP contribution in [0.5, 0.6) is 0 Å². The molecule has 0 aliphatic carbocycles. The van der Waals surface area contributed by atoms with Crippen molar-refractivity contribution in [2.45, 2.75) is 19.3 Å². The number of halogens is 2. The van der Waals surface area contributed by atoms with E-state index in [1.807, 2.05) is 17.0 Å². The van der Waals surface area contributed by atoms with E-state index < -0.39 is 12.3 Å². The van der Waals surface area contributed by atoms with E-state index in [4.69, 9.17) is 5.73 Å². The Kier molecular flexibility index (Phi) is 3.27. The number of alkyl halides is 2. The van der Waals surface area contributed by atoms with Gasteiger partial charge in [0.1, 0.15) is 0 Å². The van der Waals surface area contributed by atoms with Crippen molar-refractivity contribution in [3.05, 3.63) is 24.3 Å². The maximum absolute atomic E-state index is 12.6.